The molecule has 0 N–H and O–H groups in total. The van der Waals surface area contributed by atoms with Gasteiger partial charge in [0, 0.05) is 0 Å². The molecular weight excluding hydrogens is 264 g/mol. The van der Waals surface area contributed by atoms with Crippen LogP contribution in [0.15, 0.2) is 6.26 Å². The smallest absolute Gasteiger partial charge is 0.166 e. The predicted molar refractivity (Wildman–Crippen MR) is 81.3 cm³/mol. The van der Waals surface area contributed by atoms with Gasteiger partial charge in [-0.2, -0.15) is 11.1 Å². The van der Waals surface area contributed by atoms with Crippen molar-refractivity contribution in [2.75, 3.05) is 6.61 Å². The lowest BCUT2D eigenvalue weighted by atomic mass is 10.1. The topological polar surface area (TPSA) is 26.3 Å². The van der Waals surface area contributed by atoms with E-state index < -0.39 is 7.38 Å². The van der Waals surface area contributed by atoms with E-state index in [0.717, 1.165) is 12.7 Å². The molecule has 0 heterocycles. The zero-order valence-electron chi connectivity index (χ0n) is 11.8. The standard InChI is InChI=1S/C14H27ClO2Si/c1-18(2,15)14-10-8-6-4-3-5-7-9-12-17-13-11-16/h13H,3-10,12,14H2,1-2H3. The summed E-state index contributed by atoms with van der Waals surface area (Å²) in [5.41, 5.74) is 0. The SMILES string of the molecule is C[Si](C)(Cl)CCCCCCCCCCOC=C=O. The molecule has 0 fully saturated rings. The lowest BCUT2D eigenvalue weighted by Gasteiger charge is -2.11. The van der Waals surface area contributed by atoms with Gasteiger partial charge in [0.2, 0.25) is 0 Å². The van der Waals surface area contributed by atoms with Crippen LogP contribution in [0.2, 0.25) is 19.1 Å². The van der Waals surface area contributed by atoms with Crippen molar-refractivity contribution in [1.29, 1.82) is 0 Å². The van der Waals surface area contributed by atoms with Crippen LogP contribution in [-0.2, 0) is 9.53 Å². The van der Waals surface area contributed by atoms with Gasteiger partial charge in [0.1, 0.15) is 7.38 Å². The van der Waals surface area contributed by atoms with Gasteiger partial charge in [0.15, 0.2) is 12.2 Å². The molecule has 0 spiro atoms. The van der Waals surface area contributed by atoms with Crippen molar-refractivity contribution in [2.45, 2.75) is 70.5 Å². The maximum absolute atomic E-state index is 9.82. The van der Waals surface area contributed by atoms with Crippen LogP contribution in [0, 0.1) is 0 Å². The fourth-order valence-electron chi connectivity index (χ4n) is 1.88. The molecule has 0 atom stereocenters. The number of hydrogen-bond acceptors (Lipinski definition) is 2. The second kappa shape index (κ2) is 11.8. The van der Waals surface area contributed by atoms with Gasteiger partial charge in [-0.25, -0.2) is 4.79 Å². The molecule has 4 heteroatoms. The minimum Gasteiger partial charge on any atom is -0.490 e. The Balaban J connectivity index is 3.05. The Labute approximate surface area is 117 Å². The van der Waals surface area contributed by atoms with Gasteiger partial charge in [0.05, 0.1) is 6.61 Å². The van der Waals surface area contributed by atoms with E-state index in [9.17, 15) is 4.79 Å². The van der Waals surface area contributed by atoms with E-state index in [0.29, 0.717) is 6.61 Å². The molecular formula is C14H27ClO2Si. The van der Waals surface area contributed by atoms with Crippen molar-refractivity contribution in [2.24, 2.45) is 0 Å². The summed E-state index contributed by atoms with van der Waals surface area (Å²) in [5.74, 6) is 1.61. The summed E-state index contributed by atoms with van der Waals surface area (Å²) in [7, 11) is -1.33. The highest BCUT2D eigenvalue weighted by Gasteiger charge is 2.15. The van der Waals surface area contributed by atoms with Crippen LogP contribution >= 0.6 is 11.1 Å². The molecule has 0 unspecified atom stereocenters. The first-order valence-corrected chi connectivity index (χ1v) is 11.3. The van der Waals surface area contributed by atoms with Gasteiger partial charge in [-0.05, 0) is 12.5 Å². The predicted octanol–water partition coefficient (Wildman–Crippen LogP) is 4.91. The molecule has 0 aliphatic heterocycles. The zero-order chi connectivity index (χ0) is 13.7. The van der Waals surface area contributed by atoms with Crippen molar-refractivity contribution in [3.8, 4) is 0 Å². The molecule has 2 nitrogen and oxygen atoms in total. The monoisotopic (exact) mass is 290 g/mol. The molecule has 0 radical (unpaired) electrons. The molecule has 0 aromatic heterocycles. The molecule has 0 saturated carbocycles. The van der Waals surface area contributed by atoms with Crippen molar-refractivity contribution in [1.82, 2.24) is 0 Å². The van der Waals surface area contributed by atoms with Gasteiger partial charge in [0.25, 0.3) is 0 Å². The highest BCUT2D eigenvalue weighted by atomic mass is 35.6. The number of ether oxygens (including phenoxy) is 1. The highest BCUT2D eigenvalue weighted by molar-refractivity contribution is 7.19. The quantitative estimate of drug-likeness (QED) is 0.168. The largest absolute Gasteiger partial charge is 0.490 e. The lowest BCUT2D eigenvalue weighted by Crippen LogP contribution is -2.14. The number of unbranched alkanes of at least 4 members (excludes halogenated alkanes) is 7. The van der Waals surface area contributed by atoms with Crippen LogP contribution in [0.5, 0.6) is 0 Å². The van der Waals surface area contributed by atoms with E-state index >= 15 is 0 Å². The summed E-state index contributed by atoms with van der Waals surface area (Å²) >= 11 is 6.27. The zero-order valence-corrected chi connectivity index (χ0v) is 13.6. The number of hydrogen-bond donors (Lipinski definition) is 0. The van der Waals surface area contributed by atoms with Crippen molar-refractivity contribution in [3.05, 3.63) is 6.26 Å². The summed E-state index contributed by atoms with van der Waals surface area (Å²) < 4.78 is 4.92. The van der Waals surface area contributed by atoms with Gasteiger partial charge in [-0.1, -0.05) is 58.0 Å². The number of carbonyl (C=O) groups excluding carboxylic acids is 1. The molecule has 0 aliphatic carbocycles. The second-order valence-corrected chi connectivity index (χ2v) is 12.4. The molecule has 18 heavy (non-hydrogen) atoms. The van der Waals surface area contributed by atoms with Gasteiger partial charge in [-0.3, -0.25) is 0 Å². The third kappa shape index (κ3) is 15.8. The minimum atomic E-state index is -1.33. The fourth-order valence-corrected chi connectivity index (χ4v) is 3.38. The van der Waals surface area contributed by atoms with E-state index in [1.54, 1.807) is 5.94 Å². The molecule has 0 rings (SSSR count). The summed E-state index contributed by atoms with van der Waals surface area (Å²) in [6, 6.07) is 1.25. The van der Waals surface area contributed by atoms with Crippen molar-refractivity contribution < 1.29 is 9.53 Å². The Morgan fingerprint density at radius 1 is 1.00 bits per heavy atom. The first kappa shape index (κ1) is 17.8. The fraction of sp³-hybridized carbons (Fsp3) is 0.857. The first-order chi connectivity index (χ1) is 8.56. The summed E-state index contributed by atoms with van der Waals surface area (Å²) in [4.78, 5) is 9.82. The Kier molecular flexibility index (Phi) is 11.7. The lowest BCUT2D eigenvalue weighted by molar-refractivity contribution is 0.242. The highest BCUT2D eigenvalue weighted by Crippen LogP contribution is 2.19. The van der Waals surface area contributed by atoms with Crippen LogP contribution < -0.4 is 0 Å². The van der Waals surface area contributed by atoms with Crippen LogP contribution in [0.3, 0.4) is 0 Å². The van der Waals surface area contributed by atoms with Crippen LogP contribution in [-0.4, -0.2) is 19.9 Å². The van der Waals surface area contributed by atoms with Crippen LogP contribution in [0.25, 0.3) is 0 Å². The normalized spacial score (nSPS) is 11.1. The Morgan fingerprint density at radius 2 is 1.50 bits per heavy atom. The number of rotatable bonds is 12. The van der Waals surface area contributed by atoms with Gasteiger partial charge >= 0.3 is 0 Å². The molecule has 106 valence electrons. The summed E-state index contributed by atoms with van der Waals surface area (Å²) in [6.45, 7) is 5.08. The summed E-state index contributed by atoms with van der Waals surface area (Å²) in [6.07, 6.45) is 11.2. The Hall–Kier alpha value is -0.243. The van der Waals surface area contributed by atoms with Crippen LogP contribution in [0.1, 0.15) is 51.4 Å². The molecule has 0 aromatic rings. The molecule has 0 aromatic carbocycles. The molecule has 0 amide bonds. The Bertz CT molecular complexity index is 232. The average molecular weight is 291 g/mol. The number of halogens is 1. The van der Waals surface area contributed by atoms with E-state index in [1.807, 2.05) is 0 Å². The van der Waals surface area contributed by atoms with Crippen molar-refractivity contribution in [3.63, 3.8) is 0 Å². The first-order valence-electron chi connectivity index (χ1n) is 7.06. The average Bonchev–Trinajstić information content (AvgIpc) is 2.29. The molecule has 0 aliphatic rings. The third-order valence-corrected chi connectivity index (χ3v) is 5.02. The van der Waals surface area contributed by atoms with Gasteiger partial charge < -0.3 is 4.74 Å². The van der Waals surface area contributed by atoms with E-state index in [4.69, 9.17) is 15.8 Å². The molecule has 0 bridgehead atoms. The maximum atomic E-state index is 9.82. The second-order valence-electron chi connectivity index (χ2n) is 5.40. The third-order valence-electron chi connectivity index (χ3n) is 2.91. The summed E-state index contributed by atoms with van der Waals surface area (Å²) in [5, 5.41) is 0. The Morgan fingerprint density at radius 3 is 2.00 bits per heavy atom. The van der Waals surface area contributed by atoms with E-state index in [2.05, 4.69) is 13.1 Å². The maximum Gasteiger partial charge on any atom is 0.166 e. The van der Waals surface area contributed by atoms with E-state index in [-0.39, 0.29) is 0 Å². The van der Waals surface area contributed by atoms with Crippen LogP contribution in [0.4, 0.5) is 0 Å². The minimum absolute atomic E-state index is 0.644. The van der Waals surface area contributed by atoms with E-state index in [1.165, 1.54) is 51.0 Å². The molecule has 0 saturated heterocycles. The van der Waals surface area contributed by atoms with Gasteiger partial charge in [-0.15, -0.1) is 0 Å². The van der Waals surface area contributed by atoms with Crippen molar-refractivity contribution >= 4 is 24.4 Å².